The van der Waals surface area contributed by atoms with Gasteiger partial charge in [0.25, 0.3) is 0 Å². The van der Waals surface area contributed by atoms with Crippen molar-refractivity contribution in [2.24, 2.45) is 0 Å². The number of thiocarbonyl (C=S) groups is 1. The summed E-state index contributed by atoms with van der Waals surface area (Å²) in [6.45, 7) is 6.18. The number of hydrogen-bond acceptors (Lipinski definition) is 5. The van der Waals surface area contributed by atoms with Crippen LogP contribution in [0.2, 0.25) is 0 Å². The molecule has 1 aromatic carbocycles. The van der Waals surface area contributed by atoms with Crippen LogP contribution in [0.3, 0.4) is 0 Å². The number of ether oxygens (including phenoxy) is 3. The molecule has 2 aromatic heterocycles. The zero-order valence-electron chi connectivity index (χ0n) is 19.4. The van der Waals surface area contributed by atoms with Crippen LogP contribution in [0.25, 0.3) is 5.69 Å². The minimum atomic E-state index is -0.0409. The summed E-state index contributed by atoms with van der Waals surface area (Å²) in [7, 11) is 0. The third-order valence-corrected chi connectivity index (χ3v) is 7.38. The molecular formula is C26H28N4O3S. The standard InChI is InChI=1S/C26H28N4O3S/c1-16-12-20(17(2)30(16)18-8-9-22-23(13-18)33-15-32-22)25-24(21-7-3-4-10-27-21)28-26(34)29(25)14-19-6-5-11-31-19/h3-4,7-10,12-13,19,24-25H,5-6,11,14-15H2,1-2H3,(H,28,34)/t19-,24-,25+/m0/s1. The van der Waals surface area contributed by atoms with E-state index in [0.29, 0.717) is 0 Å². The number of fused-ring (bicyclic) bond motifs is 1. The summed E-state index contributed by atoms with van der Waals surface area (Å²) in [5.74, 6) is 1.57. The predicted molar refractivity (Wildman–Crippen MR) is 132 cm³/mol. The molecular weight excluding hydrogens is 448 g/mol. The number of hydrogen-bond donors (Lipinski definition) is 1. The number of pyridine rings is 1. The van der Waals surface area contributed by atoms with Gasteiger partial charge in [-0.2, -0.15) is 0 Å². The Hall–Kier alpha value is -3.10. The molecule has 3 atom stereocenters. The Kier molecular flexibility index (Phi) is 5.42. The van der Waals surface area contributed by atoms with E-state index in [9.17, 15) is 0 Å². The first-order valence-electron chi connectivity index (χ1n) is 11.8. The predicted octanol–water partition coefficient (Wildman–Crippen LogP) is 4.37. The Labute approximate surface area is 204 Å². The molecule has 0 spiro atoms. The molecule has 0 amide bonds. The van der Waals surface area contributed by atoms with Gasteiger partial charge in [-0.15, -0.1) is 0 Å². The van der Waals surface area contributed by atoms with E-state index in [0.717, 1.165) is 59.7 Å². The number of nitrogens with one attached hydrogen (secondary N) is 1. The lowest BCUT2D eigenvalue weighted by molar-refractivity contribution is 0.0842. The van der Waals surface area contributed by atoms with Gasteiger partial charge in [-0.05, 0) is 74.8 Å². The second-order valence-corrected chi connectivity index (χ2v) is 9.50. The summed E-state index contributed by atoms with van der Waals surface area (Å²) in [5, 5.41) is 4.32. The monoisotopic (exact) mass is 476 g/mol. The smallest absolute Gasteiger partial charge is 0.231 e. The van der Waals surface area contributed by atoms with E-state index >= 15 is 0 Å². The van der Waals surface area contributed by atoms with E-state index in [1.807, 2.05) is 30.5 Å². The van der Waals surface area contributed by atoms with Gasteiger partial charge in [0.1, 0.15) is 0 Å². The van der Waals surface area contributed by atoms with E-state index in [-0.39, 0.29) is 25.0 Å². The highest BCUT2D eigenvalue weighted by atomic mass is 32.1. The number of rotatable bonds is 5. The van der Waals surface area contributed by atoms with Crippen LogP contribution in [-0.2, 0) is 4.74 Å². The maximum Gasteiger partial charge on any atom is 0.231 e. The highest BCUT2D eigenvalue weighted by Gasteiger charge is 2.42. The molecule has 3 aromatic rings. The fraction of sp³-hybridized carbons (Fsp3) is 0.385. The first-order valence-corrected chi connectivity index (χ1v) is 12.2. The summed E-state index contributed by atoms with van der Waals surface area (Å²) in [6, 6.07) is 14.4. The van der Waals surface area contributed by atoms with Crippen LogP contribution in [0, 0.1) is 13.8 Å². The van der Waals surface area contributed by atoms with Crippen molar-refractivity contribution in [3.8, 4) is 17.2 Å². The molecule has 5 heterocycles. The van der Waals surface area contributed by atoms with Crippen molar-refractivity contribution in [1.29, 1.82) is 0 Å². The highest BCUT2D eigenvalue weighted by molar-refractivity contribution is 7.80. The van der Waals surface area contributed by atoms with Gasteiger partial charge in [-0.3, -0.25) is 4.98 Å². The SMILES string of the molecule is Cc1cc([C@@H]2[C@H](c3ccccn3)NC(=S)N2C[C@@H]2CCCO2)c(C)n1-c1ccc2c(c1)OCO2. The second-order valence-electron chi connectivity index (χ2n) is 9.11. The summed E-state index contributed by atoms with van der Waals surface area (Å²) in [6.07, 6.45) is 4.21. The maximum absolute atomic E-state index is 5.98. The molecule has 176 valence electrons. The average molecular weight is 477 g/mol. The van der Waals surface area contributed by atoms with Gasteiger partial charge in [0, 0.05) is 42.5 Å². The van der Waals surface area contributed by atoms with Gasteiger partial charge < -0.3 is 29.0 Å². The Morgan fingerprint density at radius 2 is 2.00 bits per heavy atom. The molecule has 6 rings (SSSR count). The molecule has 34 heavy (non-hydrogen) atoms. The van der Waals surface area contributed by atoms with E-state index < -0.39 is 0 Å². The average Bonchev–Trinajstić information content (AvgIpc) is 3.63. The van der Waals surface area contributed by atoms with E-state index in [1.165, 1.54) is 11.3 Å². The molecule has 7 nitrogen and oxygen atoms in total. The highest BCUT2D eigenvalue weighted by Crippen LogP contribution is 2.42. The Bertz CT molecular complexity index is 1220. The second kappa shape index (κ2) is 8.60. The number of aromatic nitrogens is 2. The number of benzene rings is 1. The van der Waals surface area contributed by atoms with Crippen molar-refractivity contribution >= 4 is 17.3 Å². The van der Waals surface area contributed by atoms with E-state index in [1.54, 1.807) is 0 Å². The van der Waals surface area contributed by atoms with Crippen LogP contribution >= 0.6 is 12.2 Å². The van der Waals surface area contributed by atoms with E-state index in [4.69, 9.17) is 26.4 Å². The normalized spacial score (nSPS) is 23.5. The van der Waals surface area contributed by atoms with Gasteiger partial charge in [-0.25, -0.2) is 0 Å². The van der Waals surface area contributed by atoms with Crippen LogP contribution in [0.5, 0.6) is 11.5 Å². The van der Waals surface area contributed by atoms with Crippen molar-refractivity contribution in [3.05, 3.63) is 71.3 Å². The molecule has 0 radical (unpaired) electrons. The van der Waals surface area contributed by atoms with Crippen LogP contribution in [0.1, 0.15) is 47.6 Å². The molecule has 0 unspecified atom stereocenters. The van der Waals surface area contributed by atoms with Gasteiger partial charge in [0.15, 0.2) is 16.6 Å². The van der Waals surface area contributed by atoms with E-state index in [2.05, 4.69) is 51.8 Å². The van der Waals surface area contributed by atoms with Crippen LogP contribution in [0.4, 0.5) is 0 Å². The first-order chi connectivity index (χ1) is 16.6. The molecule has 3 aliphatic heterocycles. The zero-order valence-corrected chi connectivity index (χ0v) is 20.2. The van der Waals surface area contributed by atoms with Crippen LogP contribution in [0.15, 0.2) is 48.7 Å². The lowest BCUT2D eigenvalue weighted by Crippen LogP contribution is -2.36. The third kappa shape index (κ3) is 3.61. The maximum atomic E-state index is 5.98. The Morgan fingerprint density at radius 3 is 2.79 bits per heavy atom. The molecule has 0 bridgehead atoms. The molecule has 0 saturated carbocycles. The van der Waals surface area contributed by atoms with Crippen molar-refractivity contribution in [2.75, 3.05) is 19.9 Å². The molecule has 8 heteroatoms. The molecule has 1 N–H and O–H groups in total. The quantitative estimate of drug-likeness (QED) is 0.549. The fourth-order valence-corrected chi connectivity index (χ4v) is 5.77. The lowest BCUT2D eigenvalue weighted by Gasteiger charge is -2.30. The molecule has 3 aliphatic rings. The topological polar surface area (TPSA) is 60.8 Å². The molecule has 0 aliphatic carbocycles. The summed E-state index contributed by atoms with van der Waals surface area (Å²) >= 11 is 5.85. The third-order valence-electron chi connectivity index (χ3n) is 7.03. The van der Waals surface area contributed by atoms with Gasteiger partial charge in [-0.1, -0.05) is 6.07 Å². The van der Waals surface area contributed by atoms with Crippen LogP contribution in [-0.4, -0.2) is 45.6 Å². The minimum absolute atomic E-state index is 0.0144. The van der Waals surface area contributed by atoms with Crippen molar-refractivity contribution in [1.82, 2.24) is 19.8 Å². The Balaban J connectivity index is 1.43. The minimum Gasteiger partial charge on any atom is -0.454 e. The summed E-state index contributed by atoms with van der Waals surface area (Å²) in [4.78, 5) is 6.98. The lowest BCUT2D eigenvalue weighted by atomic mass is 9.96. The number of nitrogens with zero attached hydrogens (tertiary/aromatic N) is 3. The summed E-state index contributed by atoms with van der Waals surface area (Å²) < 4.78 is 19.4. The van der Waals surface area contributed by atoms with Crippen molar-refractivity contribution < 1.29 is 14.2 Å². The first kappa shape index (κ1) is 21.4. The van der Waals surface area contributed by atoms with Crippen LogP contribution < -0.4 is 14.8 Å². The van der Waals surface area contributed by atoms with Gasteiger partial charge in [0.2, 0.25) is 6.79 Å². The zero-order chi connectivity index (χ0) is 23.2. The molecule has 2 fully saturated rings. The Morgan fingerprint density at radius 1 is 1.12 bits per heavy atom. The van der Waals surface area contributed by atoms with Crippen molar-refractivity contribution in [3.63, 3.8) is 0 Å². The number of aryl methyl sites for hydroxylation is 1. The largest absolute Gasteiger partial charge is 0.454 e. The molecule has 2 saturated heterocycles. The van der Waals surface area contributed by atoms with Gasteiger partial charge >= 0.3 is 0 Å². The van der Waals surface area contributed by atoms with Gasteiger partial charge in [0.05, 0.1) is 23.9 Å². The fourth-order valence-electron chi connectivity index (χ4n) is 5.46. The summed E-state index contributed by atoms with van der Waals surface area (Å²) in [5.41, 5.74) is 5.60. The van der Waals surface area contributed by atoms with Crippen molar-refractivity contribution in [2.45, 2.75) is 44.9 Å².